The van der Waals surface area contributed by atoms with Crippen molar-refractivity contribution in [2.24, 2.45) is 0 Å². The molecule has 5 heteroatoms. The molecule has 1 saturated heterocycles. The maximum Gasteiger partial charge on any atom is 0.250 e. The Kier molecular flexibility index (Phi) is 7.40. The van der Waals surface area contributed by atoms with Crippen molar-refractivity contribution in [3.05, 3.63) is 65.2 Å². The first-order valence-corrected chi connectivity index (χ1v) is 13.6. The van der Waals surface area contributed by atoms with Crippen molar-refractivity contribution < 1.29 is 14.3 Å². The zero-order valence-corrected chi connectivity index (χ0v) is 21.0. The minimum Gasteiger partial charge on any atom is -0.494 e. The summed E-state index contributed by atoms with van der Waals surface area (Å²) >= 11 is 0. The van der Waals surface area contributed by atoms with Gasteiger partial charge in [-0.15, -0.1) is 0 Å². The van der Waals surface area contributed by atoms with Gasteiger partial charge >= 0.3 is 0 Å². The molecule has 3 aliphatic rings. The lowest BCUT2D eigenvalue weighted by Crippen LogP contribution is -2.59. The summed E-state index contributed by atoms with van der Waals surface area (Å²) in [5.41, 5.74) is 3.39. The van der Waals surface area contributed by atoms with E-state index < -0.39 is 6.04 Å². The standard InChI is InChI=1S/C30H38N2O3/c1-2-3-20-35-25-18-16-23(17-19-25)29-30(34)31(24-12-5-4-6-13-24)21-28(33)32(29)27-15-9-11-22-10-7-8-14-26(22)27/h7-8,10,14,16-19,24,27,29H,2-6,9,11-13,15,20-21H2,1H3/t27-,29+/m0/s1. The van der Waals surface area contributed by atoms with Gasteiger partial charge in [-0.3, -0.25) is 9.59 Å². The molecule has 2 amide bonds. The molecule has 1 saturated carbocycles. The molecular weight excluding hydrogens is 436 g/mol. The van der Waals surface area contributed by atoms with E-state index >= 15 is 0 Å². The normalized spacial score (nSPS) is 23.3. The van der Waals surface area contributed by atoms with E-state index in [1.165, 1.54) is 17.5 Å². The summed E-state index contributed by atoms with van der Waals surface area (Å²) in [7, 11) is 0. The molecule has 2 aromatic carbocycles. The number of hydrogen-bond donors (Lipinski definition) is 0. The molecule has 5 nitrogen and oxygen atoms in total. The fourth-order valence-electron chi connectivity index (χ4n) is 6.18. The molecule has 5 rings (SSSR count). The van der Waals surface area contributed by atoms with E-state index in [9.17, 15) is 9.59 Å². The summed E-state index contributed by atoms with van der Waals surface area (Å²) < 4.78 is 5.87. The molecule has 1 heterocycles. The van der Waals surface area contributed by atoms with E-state index in [4.69, 9.17) is 4.74 Å². The van der Waals surface area contributed by atoms with Crippen LogP contribution in [0, 0.1) is 0 Å². The highest BCUT2D eigenvalue weighted by atomic mass is 16.5. The quantitative estimate of drug-likeness (QED) is 0.463. The zero-order valence-electron chi connectivity index (χ0n) is 21.0. The predicted octanol–water partition coefficient (Wildman–Crippen LogP) is 5.99. The first-order valence-electron chi connectivity index (χ1n) is 13.6. The first kappa shape index (κ1) is 23.9. The second-order valence-corrected chi connectivity index (χ2v) is 10.3. The van der Waals surface area contributed by atoms with E-state index in [2.05, 4.69) is 31.2 Å². The van der Waals surface area contributed by atoms with E-state index in [1.54, 1.807) is 0 Å². The lowest BCUT2D eigenvalue weighted by Gasteiger charge is -2.48. The van der Waals surface area contributed by atoms with Crippen molar-refractivity contribution in [3.8, 4) is 5.75 Å². The van der Waals surface area contributed by atoms with Crippen LogP contribution < -0.4 is 4.74 Å². The number of amides is 2. The topological polar surface area (TPSA) is 49.9 Å². The third-order valence-electron chi connectivity index (χ3n) is 8.04. The number of ether oxygens (including phenoxy) is 1. The van der Waals surface area contributed by atoms with E-state index in [-0.39, 0.29) is 30.4 Å². The predicted molar refractivity (Wildman–Crippen MR) is 137 cm³/mol. The van der Waals surface area contributed by atoms with Gasteiger partial charge in [0.05, 0.1) is 12.6 Å². The highest BCUT2D eigenvalue weighted by Crippen LogP contribution is 2.42. The van der Waals surface area contributed by atoms with Crippen molar-refractivity contribution in [1.29, 1.82) is 0 Å². The van der Waals surface area contributed by atoms with Crippen LogP contribution in [0.1, 0.15) is 93.5 Å². The Hall–Kier alpha value is -2.82. The molecule has 0 N–H and O–H groups in total. The molecule has 0 bridgehead atoms. The fraction of sp³-hybridized carbons (Fsp3) is 0.533. The third kappa shape index (κ3) is 4.96. The van der Waals surface area contributed by atoms with Crippen molar-refractivity contribution in [1.82, 2.24) is 9.80 Å². The van der Waals surface area contributed by atoms with Crippen molar-refractivity contribution >= 4 is 11.8 Å². The average molecular weight is 475 g/mol. The number of rotatable bonds is 7. The molecule has 2 aromatic rings. The van der Waals surface area contributed by atoms with Gasteiger partial charge in [-0.25, -0.2) is 0 Å². The molecule has 186 valence electrons. The van der Waals surface area contributed by atoms with Gasteiger partial charge in [-0.1, -0.05) is 69.0 Å². The summed E-state index contributed by atoms with van der Waals surface area (Å²) in [5, 5.41) is 0. The van der Waals surface area contributed by atoms with Crippen LogP contribution in [-0.4, -0.2) is 40.8 Å². The summed E-state index contributed by atoms with van der Waals surface area (Å²) in [4.78, 5) is 31.8. The van der Waals surface area contributed by atoms with E-state index in [0.29, 0.717) is 6.61 Å². The fourth-order valence-corrected chi connectivity index (χ4v) is 6.18. The highest BCUT2D eigenvalue weighted by molar-refractivity contribution is 5.96. The Morgan fingerprint density at radius 1 is 0.914 bits per heavy atom. The molecule has 0 radical (unpaired) electrons. The van der Waals surface area contributed by atoms with Gasteiger partial charge in [0.15, 0.2) is 0 Å². The Morgan fingerprint density at radius 3 is 2.46 bits per heavy atom. The van der Waals surface area contributed by atoms with Crippen LogP contribution in [0.15, 0.2) is 48.5 Å². The van der Waals surface area contributed by atoms with Gasteiger partial charge < -0.3 is 14.5 Å². The third-order valence-corrected chi connectivity index (χ3v) is 8.04. The number of unbranched alkanes of at least 4 members (excludes halogenated alkanes) is 1. The average Bonchev–Trinajstić information content (AvgIpc) is 2.90. The maximum atomic E-state index is 14.1. The molecule has 2 atom stereocenters. The second-order valence-electron chi connectivity index (χ2n) is 10.3. The summed E-state index contributed by atoms with van der Waals surface area (Å²) in [6.07, 6.45) is 10.6. The summed E-state index contributed by atoms with van der Waals surface area (Å²) in [6.45, 7) is 3.04. The molecule has 1 aliphatic heterocycles. The van der Waals surface area contributed by atoms with Crippen LogP contribution in [-0.2, 0) is 16.0 Å². The van der Waals surface area contributed by atoms with Gasteiger partial charge in [0.25, 0.3) is 5.91 Å². The molecule has 2 fully saturated rings. The largest absolute Gasteiger partial charge is 0.494 e. The summed E-state index contributed by atoms with van der Waals surface area (Å²) in [6, 6.07) is 15.9. The Morgan fingerprint density at radius 2 is 1.69 bits per heavy atom. The molecule has 0 unspecified atom stereocenters. The molecule has 0 spiro atoms. The van der Waals surface area contributed by atoms with E-state index in [1.807, 2.05) is 34.1 Å². The minimum absolute atomic E-state index is 0.0598. The van der Waals surface area contributed by atoms with Crippen molar-refractivity contribution in [2.45, 2.75) is 89.3 Å². The maximum absolute atomic E-state index is 14.1. The van der Waals surface area contributed by atoms with Gasteiger partial charge in [-0.2, -0.15) is 0 Å². The number of carbonyl (C=O) groups is 2. The molecule has 0 aromatic heterocycles. The smallest absolute Gasteiger partial charge is 0.250 e. The monoisotopic (exact) mass is 474 g/mol. The summed E-state index contributed by atoms with van der Waals surface area (Å²) in [5.74, 6) is 0.972. The number of hydrogen-bond acceptors (Lipinski definition) is 3. The number of piperazine rings is 1. The van der Waals surface area contributed by atoms with Crippen LogP contribution in [0.3, 0.4) is 0 Å². The van der Waals surface area contributed by atoms with Crippen LogP contribution in [0.25, 0.3) is 0 Å². The Balaban J connectivity index is 1.49. The lowest BCUT2D eigenvalue weighted by atomic mass is 9.84. The van der Waals surface area contributed by atoms with Crippen LogP contribution >= 0.6 is 0 Å². The Bertz CT molecular complexity index is 1030. The van der Waals surface area contributed by atoms with E-state index in [0.717, 1.165) is 69.1 Å². The van der Waals surface area contributed by atoms with Crippen LogP contribution in [0.5, 0.6) is 5.75 Å². The lowest BCUT2D eigenvalue weighted by molar-refractivity contribution is -0.162. The molecule has 2 aliphatic carbocycles. The van der Waals surface area contributed by atoms with Gasteiger partial charge in [0.1, 0.15) is 18.3 Å². The number of nitrogens with zero attached hydrogens (tertiary/aromatic N) is 2. The zero-order chi connectivity index (χ0) is 24.2. The number of carbonyl (C=O) groups excluding carboxylic acids is 2. The second kappa shape index (κ2) is 10.8. The van der Waals surface area contributed by atoms with Gasteiger partial charge in [0, 0.05) is 6.04 Å². The number of benzene rings is 2. The van der Waals surface area contributed by atoms with Gasteiger partial charge in [-0.05, 0) is 67.3 Å². The Labute approximate surface area is 209 Å². The number of aryl methyl sites for hydroxylation is 1. The molecule has 35 heavy (non-hydrogen) atoms. The van der Waals surface area contributed by atoms with Crippen molar-refractivity contribution in [3.63, 3.8) is 0 Å². The van der Waals surface area contributed by atoms with Crippen LogP contribution in [0.4, 0.5) is 0 Å². The first-order chi connectivity index (χ1) is 17.2. The highest BCUT2D eigenvalue weighted by Gasteiger charge is 2.46. The van der Waals surface area contributed by atoms with Crippen molar-refractivity contribution in [2.75, 3.05) is 13.2 Å². The minimum atomic E-state index is -0.584. The van der Waals surface area contributed by atoms with Gasteiger partial charge in [0.2, 0.25) is 5.91 Å². The SMILES string of the molecule is CCCCOc1ccc([C@@H]2C(=O)N(C3CCCCC3)CC(=O)N2[C@H]2CCCc3ccccc32)cc1. The molecular formula is C30H38N2O3. The van der Waals surface area contributed by atoms with Crippen LogP contribution in [0.2, 0.25) is 0 Å². The number of fused-ring (bicyclic) bond motifs is 1.